The van der Waals surface area contributed by atoms with E-state index in [0.29, 0.717) is 19.1 Å². The van der Waals surface area contributed by atoms with Gasteiger partial charge in [-0.1, -0.05) is 44.7 Å². The van der Waals surface area contributed by atoms with Gasteiger partial charge in [0.2, 0.25) is 0 Å². The fourth-order valence-corrected chi connectivity index (χ4v) is 3.13. The van der Waals surface area contributed by atoms with Gasteiger partial charge in [0.1, 0.15) is 12.4 Å². The molecule has 1 aromatic heterocycles. The third-order valence-electron chi connectivity index (χ3n) is 3.56. The lowest BCUT2D eigenvalue weighted by Crippen LogP contribution is -2.12. The molecule has 132 valence electrons. The molecule has 0 spiro atoms. The van der Waals surface area contributed by atoms with E-state index in [9.17, 15) is 0 Å². The van der Waals surface area contributed by atoms with Crippen molar-refractivity contribution in [3.8, 4) is 5.75 Å². The van der Waals surface area contributed by atoms with Crippen LogP contribution in [0.3, 0.4) is 0 Å². The van der Waals surface area contributed by atoms with Crippen LogP contribution in [0.5, 0.6) is 5.75 Å². The summed E-state index contributed by atoms with van der Waals surface area (Å²) in [6.07, 6.45) is 1.03. The molecule has 0 saturated carbocycles. The molecule has 6 heteroatoms. The van der Waals surface area contributed by atoms with E-state index in [1.807, 2.05) is 12.1 Å². The Morgan fingerprint density at radius 2 is 1.92 bits per heavy atom. The first-order chi connectivity index (χ1) is 11.6. The van der Waals surface area contributed by atoms with Crippen molar-refractivity contribution in [2.75, 3.05) is 19.5 Å². The van der Waals surface area contributed by atoms with Crippen LogP contribution in [0.15, 0.2) is 29.4 Å². The van der Waals surface area contributed by atoms with E-state index in [-0.39, 0.29) is 0 Å². The highest BCUT2D eigenvalue weighted by molar-refractivity contribution is 7.99. The van der Waals surface area contributed by atoms with Crippen molar-refractivity contribution in [1.29, 1.82) is 0 Å². The number of nitrogens with zero attached hydrogens (tertiary/aromatic N) is 3. The number of aromatic nitrogens is 3. The van der Waals surface area contributed by atoms with Gasteiger partial charge >= 0.3 is 0 Å². The molecule has 2 rings (SSSR count). The average Bonchev–Trinajstić information content (AvgIpc) is 2.95. The monoisotopic (exact) mass is 349 g/mol. The molecule has 0 fully saturated rings. The highest BCUT2D eigenvalue weighted by Gasteiger charge is 2.14. The highest BCUT2D eigenvalue weighted by atomic mass is 32.2. The molecule has 0 bridgehead atoms. The molecule has 2 aromatic rings. The number of hydrogen-bond donors (Lipinski definition) is 0. The van der Waals surface area contributed by atoms with Crippen LogP contribution in [-0.4, -0.2) is 34.2 Å². The highest BCUT2D eigenvalue weighted by Crippen LogP contribution is 2.20. The Hall–Kier alpha value is -1.53. The lowest BCUT2D eigenvalue weighted by atomic mass is 10.2. The minimum atomic E-state index is 0.427. The number of hydrogen-bond acceptors (Lipinski definition) is 5. The summed E-state index contributed by atoms with van der Waals surface area (Å²) >= 11 is 1.67. The fourth-order valence-electron chi connectivity index (χ4n) is 2.27. The standard InChI is InChI=1S/C18H27N3O2S/c1-5-15-6-8-16(9-7-15)23-13-17-19-20-18(24-11-10-22-4)21(17)12-14(2)3/h6-9,14H,5,10-13H2,1-4H3. The van der Waals surface area contributed by atoms with Gasteiger partial charge < -0.3 is 14.0 Å². The summed E-state index contributed by atoms with van der Waals surface area (Å²) < 4.78 is 13.2. The summed E-state index contributed by atoms with van der Waals surface area (Å²) in [4.78, 5) is 0. The predicted octanol–water partition coefficient (Wildman–Crippen LogP) is 3.81. The lowest BCUT2D eigenvalue weighted by molar-refractivity contribution is 0.218. The molecule has 0 radical (unpaired) electrons. The molecule has 0 atom stereocenters. The molecule has 0 N–H and O–H groups in total. The van der Waals surface area contributed by atoms with Crippen molar-refractivity contribution in [3.63, 3.8) is 0 Å². The van der Waals surface area contributed by atoms with Crippen molar-refractivity contribution in [2.45, 2.75) is 45.5 Å². The van der Waals surface area contributed by atoms with Crippen molar-refractivity contribution >= 4 is 11.8 Å². The second-order valence-corrected chi connectivity index (χ2v) is 7.09. The van der Waals surface area contributed by atoms with Crippen LogP contribution in [0.2, 0.25) is 0 Å². The van der Waals surface area contributed by atoms with Gasteiger partial charge in [-0.25, -0.2) is 0 Å². The van der Waals surface area contributed by atoms with Crippen molar-refractivity contribution in [1.82, 2.24) is 14.8 Å². The second kappa shape index (κ2) is 9.69. The summed E-state index contributed by atoms with van der Waals surface area (Å²) in [6, 6.07) is 8.22. The molecule has 0 saturated heterocycles. The van der Waals surface area contributed by atoms with E-state index in [1.54, 1.807) is 18.9 Å². The van der Waals surface area contributed by atoms with Gasteiger partial charge in [0, 0.05) is 19.4 Å². The second-order valence-electron chi connectivity index (χ2n) is 6.03. The summed E-state index contributed by atoms with van der Waals surface area (Å²) in [5.41, 5.74) is 1.31. The van der Waals surface area contributed by atoms with E-state index < -0.39 is 0 Å². The first-order valence-electron chi connectivity index (χ1n) is 8.39. The predicted molar refractivity (Wildman–Crippen MR) is 97.6 cm³/mol. The van der Waals surface area contributed by atoms with Gasteiger partial charge in [-0.2, -0.15) is 0 Å². The first-order valence-corrected chi connectivity index (χ1v) is 9.38. The van der Waals surface area contributed by atoms with E-state index >= 15 is 0 Å². The van der Waals surface area contributed by atoms with Crippen molar-refractivity contribution < 1.29 is 9.47 Å². The zero-order valence-electron chi connectivity index (χ0n) is 15.0. The maximum Gasteiger partial charge on any atom is 0.191 e. The zero-order valence-corrected chi connectivity index (χ0v) is 15.8. The van der Waals surface area contributed by atoms with Crippen LogP contribution in [0.1, 0.15) is 32.2 Å². The number of thioether (sulfide) groups is 1. The average molecular weight is 350 g/mol. The van der Waals surface area contributed by atoms with E-state index in [0.717, 1.165) is 35.4 Å². The number of benzene rings is 1. The van der Waals surface area contributed by atoms with Gasteiger partial charge in [0.15, 0.2) is 11.0 Å². The Kier molecular flexibility index (Phi) is 7.59. The number of aryl methyl sites for hydroxylation is 1. The SMILES string of the molecule is CCc1ccc(OCc2nnc(SCCOC)n2CC(C)C)cc1. The normalized spacial score (nSPS) is 11.2. The van der Waals surface area contributed by atoms with Crippen LogP contribution in [0, 0.1) is 5.92 Å². The van der Waals surface area contributed by atoms with E-state index in [1.165, 1.54) is 5.56 Å². The Balaban J connectivity index is 2.04. The third-order valence-corrected chi connectivity index (χ3v) is 4.49. The number of methoxy groups -OCH3 is 1. The molecule has 1 aromatic carbocycles. The Morgan fingerprint density at radius 1 is 1.17 bits per heavy atom. The van der Waals surface area contributed by atoms with Gasteiger partial charge in [-0.05, 0) is 30.0 Å². The Bertz CT molecular complexity index is 611. The van der Waals surface area contributed by atoms with Gasteiger partial charge in [-0.3, -0.25) is 0 Å². The summed E-state index contributed by atoms with van der Waals surface area (Å²) in [7, 11) is 1.71. The molecular weight excluding hydrogens is 322 g/mol. The van der Waals surface area contributed by atoms with Gasteiger partial charge in [0.05, 0.1) is 6.61 Å². The molecular formula is C18H27N3O2S. The summed E-state index contributed by atoms with van der Waals surface area (Å²) in [5, 5.41) is 9.58. The summed E-state index contributed by atoms with van der Waals surface area (Å²) in [5.74, 6) is 3.11. The first kappa shape index (κ1) is 18.8. The third kappa shape index (κ3) is 5.53. The minimum absolute atomic E-state index is 0.427. The largest absolute Gasteiger partial charge is 0.486 e. The van der Waals surface area contributed by atoms with Gasteiger partial charge in [0.25, 0.3) is 0 Å². The van der Waals surface area contributed by atoms with E-state index in [4.69, 9.17) is 9.47 Å². The maximum atomic E-state index is 5.90. The fraction of sp³-hybridized carbons (Fsp3) is 0.556. The molecule has 0 aliphatic carbocycles. The molecule has 0 aliphatic rings. The molecule has 1 heterocycles. The van der Waals surface area contributed by atoms with Crippen LogP contribution in [0.25, 0.3) is 0 Å². The van der Waals surface area contributed by atoms with Crippen molar-refractivity contribution in [3.05, 3.63) is 35.7 Å². The minimum Gasteiger partial charge on any atom is -0.486 e. The van der Waals surface area contributed by atoms with Crippen LogP contribution in [0.4, 0.5) is 0 Å². The quantitative estimate of drug-likeness (QED) is 0.482. The smallest absolute Gasteiger partial charge is 0.191 e. The molecule has 0 amide bonds. The van der Waals surface area contributed by atoms with E-state index in [2.05, 4.69) is 47.7 Å². The molecule has 5 nitrogen and oxygen atoms in total. The summed E-state index contributed by atoms with van der Waals surface area (Å²) in [6.45, 7) is 8.54. The Morgan fingerprint density at radius 3 is 2.54 bits per heavy atom. The maximum absolute atomic E-state index is 5.90. The number of ether oxygens (including phenoxy) is 2. The van der Waals surface area contributed by atoms with Crippen LogP contribution >= 0.6 is 11.8 Å². The topological polar surface area (TPSA) is 49.2 Å². The Labute approximate surface area is 148 Å². The van der Waals surface area contributed by atoms with Crippen LogP contribution < -0.4 is 4.74 Å². The molecule has 24 heavy (non-hydrogen) atoms. The zero-order chi connectivity index (χ0) is 17.4. The lowest BCUT2D eigenvalue weighted by Gasteiger charge is -2.13. The van der Waals surface area contributed by atoms with Crippen molar-refractivity contribution in [2.24, 2.45) is 5.92 Å². The number of rotatable bonds is 10. The van der Waals surface area contributed by atoms with Crippen LogP contribution in [-0.2, 0) is 24.3 Å². The molecule has 0 unspecified atom stereocenters. The van der Waals surface area contributed by atoms with Gasteiger partial charge in [-0.15, -0.1) is 10.2 Å². The molecule has 0 aliphatic heterocycles.